The predicted octanol–water partition coefficient (Wildman–Crippen LogP) is 1.32. The summed E-state index contributed by atoms with van der Waals surface area (Å²) in [5.41, 5.74) is 2.50. The molecule has 3 aromatic rings. The van der Waals surface area contributed by atoms with E-state index in [9.17, 15) is 4.79 Å². The van der Waals surface area contributed by atoms with Gasteiger partial charge in [-0.25, -0.2) is 4.68 Å². The van der Waals surface area contributed by atoms with Crippen LogP contribution in [0.5, 0.6) is 0 Å². The van der Waals surface area contributed by atoms with Gasteiger partial charge in [0.2, 0.25) is 5.91 Å². The van der Waals surface area contributed by atoms with Crippen LogP contribution < -0.4 is 5.32 Å². The molecular formula is C15H14N6O. The number of para-hydroxylation sites is 1. The zero-order valence-electron chi connectivity index (χ0n) is 11.7. The fourth-order valence-electron chi connectivity index (χ4n) is 1.86. The summed E-state index contributed by atoms with van der Waals surface area (Å²) in [5.74, 6) is -0.199. The quantitative estimate of drug-likeness (QED) is 0.695. The van der Waals surface area contributed by atoms with Gasteiger partial charge in [-0.3, -0.25) is 4.79 Å². The summed E-state index contributed by atoms with van der Waals surface area (Å²) in [7, 11) is 0. The number of aromatic nitrogens is 5. The van der Waals surface area contributed by atoms with Crippen molar-refractivity contribution >= 4 is 12.0 Å². The van der Waals surface area contributed by atoms with E-state index in [2.05, 4.69) is 25.8 Å². The first kappa shape index (κ1) is 13.7. The standard InChI is InChI=1S/C15H14N6O/c22-15(16-9-13-10-17-20-19-13)7-6-12-8-18-21(11-12)14-4-2-1-3-5-14/h1-8,10-11H,9H2,(H,16,22)(H,17,19,20). The Bertz CT molecular complexity index is 760. The van der Waals surface area contributed by atoms with Crippen LogP contribution in [-0.2, 0) is 11.3 Å². The van der Waals surface area contributed by atoms with Crippen molar-refractivity contribution in [1.82, 2.24) is 30.5 Å². The van der Waals surface area contributed by atoms with Crippen molar-refractivity contribution < 1.29 is 4.79 Å². The first-order valence-electron chi connectivity index (χ1n) is 6.72. The number of nitrogens with zero attached hydrogens (tertiary/aromatic N) is 4. The van der Waals surface area contributed by atoms with Gasteiger partial charge in [0.1, 0.15) is 5.69 Å². The molecule has 0 saturated heterocycles. The van der Waals surface area contributed by atoms with Gasteiger partial charge in [-0.2, -0.15) is 20.5 Å². The zero-order valence-corrected chi connectivity index (χ0v) is 11.7. The molecule has 0 bridgehead atoms. The normalized spacial score (nSPS) is 10.9. The molecule has 0 saturated carbocycles. The summed E-state index contributed by atoms with van der Waals surface area (Å²) in [5, 5.41) is 17.0. The van der Waals surface area contributed by atoms with Gasteiger partial charge in [-0.15, -0.1) is 0 Å². The van der Waals surface area contributed by atoms with E-state index in [-0.39, 0.29) is 5.91 Å². The minimum absolute atomic E-state index is 0.199. The molecule has 3 rings (SSSR count). The van der Waals surface area contributed by atoms with Crippen LogP contribution in [0, 0.1) is 0 Å². The molecule has 0 atom stereocenters. The summed E-state index contributed by atoms with van der Waals surface area (Å²) < 4.78 is 1.76. The van der Waals surface area contributed by atoms with Gasteiger partial charge in [0, 0.05) is 17.8 Å². The second kappa shape index (κ2) is 6.49. The number of carbonyl (C=O) groups is 1. The van der Waals surface area contributed by atoms with Crippen LogP contribution in [0.25, 0.3) is 11.8 Å². The van der Waals surface area contributed by atoms with Crippen LogP contribution in [0.3, 0.4) is 0 Å². The molecule has 0 spiro atoms. The summed E-state index contributed by atoms with van der Waals surface area (Å²) in [4.78, 5) is 11.7. The summed E-state index contributed by atoms with van der Waals surface area (Å²) in [6.45, 7) is 0.336. The highest BCUT2D eigenvalue weighted by Gasteiger charge is 2.00. The Kier molecular flexibility index (Phi) is 4.05. The monoisotopic (exact) mass is 294 g/mol. The Morgan fingerprint density at radius 3 is 2.91 bits per heavy atom. The Hall–Kier alpha value is -3.22. The Labute approximate surface area is 126 Å². The number of rotatable bonds is 5. The number of amides is 1. The molecule has 2 N–H and O–H groups in total. The molecule has 1 aromatic carbocycles. The molecule has 7 nitrogen and oxygen atoms in total. The van der Waals surface area contributed by atoms with E-state index in [4.69, 9.17) is 0 Å². The number of H-pyrrole nitrogens is 1. The van der Waals surface area contributed by atoms with E-state index in [1.165, 1.54) is 6.08 Å². The zero-order chi connectivity index (χ0) is 15.2. The molecule has 0 fully saturated rings. The fraction of sp³-hybridized carbons (Fsp3) is 0.0667. The number of hydrogen-bond acceptors (Lipinski definition) is 4. The van der Waals surface area contributed by atoms with Crippen LogP contribution >= 0.6 is 0 Å². The second-order valence-electron chi connectivity index (χ2n) is 4.57. The van der Waals surface area contributed by atoms with E-state index in [1.807, 2.05) is 36.5 Å². The lowest BCUT2D eigenvalue weighted by molar-refractivity contribution is -0.116. The molecule has 0 aliphatic heterocycles. The average Bonchev–Trinajstić information content (AvgIpc) is 3.23. The lowest BCUT2D eigenvalue weighted by Crippen LogP contribution is -2.20. The van der Waals surface area contributed by atoms with Gasteiger partial charge < -0.3 is 5.32 Å². The maximum atomic E-state index is 11.7. The average molecular weight is 294 g/mol. The lowest BCUT2D eigenvalue weighted by atomic mass is 10.3. The van der Waals surface area contributed by atoms with E-state index in [0.717, 1.165) is 11.3 Å². The van der Waals surface area contributed by atoms with Crippen LogP contribution in [0.15, 0.2) is 55.0 Å². The number of hydrogen-bond donors (Lipinski definition) is 2. The molecule has 0 aliphatic rings. The van der Waals surface area contributed by atoms with Gasteiger partial charge >= 0.3 is 0 Å². The molecule has 0 radical (unpaired) electrons. The maximum Gasteiger partial charge on any atom is 0.244 e. The largest absolute Gasteiger partial charge is 0.347 e. The highest BCUT2D eigenvalue weighted by molar-refractivity contribution is 5.91. The van der Waals surface area contributed by atoms with Gasteiger partial charge in [0.15, 0.2) is 0 Å². The summed E-state index contributed by atoms with van der Waals surface area (Å²) in [6, 6.07) is 9.77. The molecule has 110 valence electrons. The van der Waals surface area contributed by atoms with Crippen molar-refractivity contribution in [2.24, 2.45) is 0 Å². The van der Waals surface area contributed by atoms with Crippen LogP contribution in [-0.4, -0.2) is 31.1 Å². The number of aromatic amines is 1. The highest BCUT2D eigenvalue weighted by Crippen LogP contribution is 2.08. The molecular weight excluding hydrogens is 280 g/mol. The minimum Gasteiger partial charge on any atom is -0.347 e. The van der Waals surface area contributed by atoms with Crippen molar-refractivity contribution in [3.05, 3.63) is 66.3 Å². The van der Waals surface area contributed by atoms with Gasteiger partial charge in [0.05, 0.1) is 24.6 Å². The Morgan fingerprint density at radius 2 is 2.14 bits per heavy atom. The third-order valence-corrected chi connectivity index (χ3v) is 2.96. The van der Waals surface area contributed by atoms with Gasteiger partial charge in [0.25, 0.3) is 0 Å². The van der Waals surface area contributed by atoms with Crippen molar-refractivity contribution in [3.63, 3.8) is 0 Å². The molecule has 2 aromatic heterocycles. The third kappa shape index (κ3) is 3.45. The van der Waals surface area contributed by atoms with Crippen molar-refractivity contribution in [2.75, 3.05) is 0 Å². The van der Waals surface area contributed by atoms with Crippen LogP contribution in [0.1, 0.15) is 11.3 Å². The topological polar surface area (TPSA) is 88.5 Å². The van der Waals surface area contributed by atoms with Crippen molar-refractivity contribution in [1.29, 1.82) is 0 Å². The lowest BCUT2D eigenvalue weighted by Gasteiger charge is -1.98. The molecule has 0 aliphatic carbocycles. The first-order chi connectivity index (χ1) is 10.8. The van der Waals surface area contributed by atoms with E-state index >= 15 is 0 Å². The fourth-order valence-corrected chi connectivity index (χ4v) is 1.86. The summed E-state index contributed by atoms with van der Waals surface area (Å²) >= 11 is 0. The smallest absolute Gasteiger partial charge is 0.244 e. The molecule has 2 heterocycles. The van der Waals surface area contributed by atoms with Crippen LogP contribution in [0.2, 0.25) is 0 Å². The summed E-state index contributed by atoms with van der Waals surface area (Å²) in [6.07, 6.45) is 8.30. The Balaban J connectivity index is 1.58. The van der Waals surface area contributed by atoms with E-state index in [1.54, 1.807) is 23.2 Å². The SMILES string of the molecule is O=C(C=Cc1cnn(-c2ccccc2)c1)NCc1cn[nH]n1. The maximum absolute atomic E-state index is 11.7. The molecule has 0 unspecified atom stereocenters. The first-order valence-corrected chi connectivity index (χ1v) is 6.72. The third-order valence-electron chi connectivity index (χ3n) is 2.96. The minimum atomic E-state index is -0.199. The highest BCUT2D eigenvalue weighted by atomic mass is 16.1. The number of nitrogens with one attached hydrogen (secondary N) is 2. The van der Waals surface area contributed by atoms with E-state index in [0.29, 0.717) is 12.2 Å². The number of carbonyl (C=O) groups excluding carboxylic acids is 1. The van der Waals surface area contributed by atoms with E-state index < -0.39 is 0 Å². The predicted molar refractivity (Wildman–Crippen MR) is 80.8 cm³/mol. The number of benzene rings is 1. The van der Waals surface area contributed by atoms with Crippen molar-refractivity contribution in [3.8, 4) is 5.69 Å². The molecule has 7 heteroatoms. The van der Waals surface area contributed by atoms with Gasteiger partial charge in [-0.05, 0) is 18.2 Å². The Morgan fingerprint density at radius 1 is 1.27 bits per heavy atom. The van der Waals surface area contributed by atoms with Crippen molar-refractivity contribution in [2.45, 2.75) is 6.54 Å². The second-order valence-corrected chi connectivity index (χ2v) is 4.57. The van der Waals surface area contributed by atoms with Crippen LogP contribution in [0.4, 0.5) is 0 Å². The molecule has 22 heavy (non-hydrogen) atoms. The molecule has 1 amide bonds. The van der Waals surface area contributed by atoms with Gasteiger partial charge in [-0.1, -0.05) is 18.2 Å².